The number of hydrogen-bond donors (Lipinski definition) is 1. The summed E-state index contributed by atoms with van der Waals surface area (Å²) in [6, 6.07) is 6.12. The van der Waals surface area contributed by atoms with Crippen LogP contribution in [0.15, 0.2) is 34.1 Å². The van der Waals surface area contributed by atoms with Crippen molar-refractivity contribution in [1.29, 1.82) is 0 Å². The van der Waals surface area contributed by atoms with Crippen molar-refractivity contribution in [2.45, 2.75) is 19.9 Å². The van der Waals surface area contributed by atoms with Gasteiger partial charge in [0.1, 0.15) is 11.6 Å². The maximum Gasteiger partial charge on any atom is 0.150 e. The van der Waals surface area contributed by atoms with Gasteiger partial charge in [-0.25, -0.2) is 8.78 Å². The van der Waals surface area contributed by atoms with Gasteiger partial charge in [0, 0.05) is 15.4 Å². The van der Waals surface area contributed by atoms with Gasteiger partial charge in [0.05, 0.1) is 11.7 Å². The lowest BCUT2D eigenvalue weighted by Crippen LogP contribution is -2.16. The molecule has 1 nitrogen and oxygen atoms in total. The summed E-state index contributed by atoms with van der Waals surface area (Å²) >= 11 is 4.82. The molecule has 102 valence electrons. The van der Waals surface area contributed by atoms with Gasteiger partial charge in [0.2, 0.25) is 0 Å². The molecule has 1 N–H and O–H groups in total. The average molecular weight is 346 g/mol. The molecule has 1 unspecified atom stereocenters. The van der Waals surface area contributed by atoms with E-state index in [0.29, 0.717) is 10.2 Å². The van der Waals surface area contributed by atoms with Crippen LogP contribution < -0.4 is 5.32 Å². The second-order valence-corrected chi connectivity index (χ2v) is 6.46. The maximum atomic E-state index is 13.8. The molecule has 1 aromatic heterocycles. The molecule has 1 atom stereocenters. The summed E-state index contributed by atoms with van der Waals surface area (Å²) in [6.07, 6.45) is 0. The summed E-state index contributed by atoms with van der Waals surface area (Å²) in [4.78, 5) is 1.13. The fourth-order valence-corrected chi connectivity index (χ4v) is 3.34. The van der Waals surface area contributed by atoms with Gasteiger partial charge in [0.25, 0.3) is 0 Å². The van der Waals surface area contributed by atoms with Gasteiger partial charge in [-0.2, -0.15) is 0 Å². The van der Waals surface area contributed by atoms with Crippen LogP contribution in [-0.4, -0.2) is 0 Å². The molecule has 1 heterocycles. The summed E-state index contributed by atoms with van der Waals surface area (Å²) in [5.74, 6) is -0.892. The predicted octanol–water partition coefficient (Wildman–Crippen LogP) is 5.60. The molecule has 0 aliphatic rings. The van der Waals surface area contributed by atoms with Crippen molar-refractivity contribution in [3.8, 4) is 0 Å². The topological polar surface area (TPSA) is 12.0 Å². The first kappa shape index (κ1) is 14.5. The van der Waals surface area contributed by atoms with E-state index < -0.39 is 11.6 Å². The fraction of sp³-hybridized carbons (Fsp3) is 0.286. The number of benzene rings is 1. The summed E-state index contributed by atoms with van der Waals surface area (Å²) in [5, 5.41) is 5.16. The molecule has 0 saturated carbocycles. The number of halogens is 3. The van der Waals surface area contributed by atoms with E-state index in [1.54, 1.807) is 11.3 Å². The SMILES string of the molecule is CC(C)C(Nc1c(F)cc(F)cc1Br)c1cccs1. The smallest absolute Gasteiger partial charge is 0.150 e. The third-order valence-corrected chi connectivity index (χ3v) is 4.40. The van der Waals surface area contributed by atoms with Crippen molar-refractivity contribution < 1.29 is 8.78 Å². The largest absolute Gasteiger partial charge is 0.374 e. The molecule has 2 aromatic rings. The van der Waals surface area contributed by atoms with E-state index in [1.165, 1.54) is 6.07 Å². The van der Waals surface area contributed by atoms with Crippen LogP contribution in [0.5, 0.6) is 0 Å². The van der Waals surface area contributed by atoms with E-state index >= 15 is 0 Å². The molecular formula is C14H14BrF2NS. The van der Waals surface area contributed by atoms with Crippen molar-refractivity contribution >= 4 is 33.0 Å². The zero-order chi connectivity index (χ0) is 14.0. The number of hydrogen-bond acceptors (Lipinski definition) is 2. The van der Waals surface area contributed by atoms with Crippen molar-refractivity contribution in [1.82, 2.24) is 0 Å². The van der Waals surface area contributed by atoms with E-state index in [4.69, 9.17) is 0 Å². The zero-order valence-electron chi connectivity index (χ0n) is 10.6. The summed E-state index contributed by atoms with van der Waals surface area (Å²) < 4.78 is 27.3. The lowest BCUT2D eigenvalue weighted by atomic mass is 10.0. The molecule has 0 fully saturated rings. The third kappa shape index (κ3) is 3.34. The van der Waals surface area contributed by atoms with Gasteiger partial charge in [0.15, 0.2) is 0 Å². The summed E-state index contributed by atoms with van der Waals surface area (Å²) in [6.45, 7) is 4.12. The van der Waals surface area contributed by atoms with Crippen LogP contribution in [0, 0.1) is 17.6 Å². The molecule has 0 spiro atoms. The molecule has 0 amide bonds. The lowest BCUT2D eigenvalue weighted by molar-refractivity contribution is 0.542. The van der Waals surface area contributed by atoms with Crippen molar-refractivity contribution in [2.75, 3.05) is 5.32 Å². The van der Waals surface area contributed by atoms with Crippen LogP contribution in [0.1, 0.15) is 24.8 Å². The number of nitrogens with one attached hydrogen (secondary N) is 1. The van der Waals surface area contributed by atoms with Crippen LogP contribution in [0.2, 0.25) is 0 Å². The quantitative estimate of drug-likeness (QED) is 0.760. The van der Waals surface area contributed by atoms with Crippen molar-refractivity contribution in [3.63, 3.8) is 0 Å². The predicted molar refractivity (Wildman–Crippen MR) is 79.6 cm³/mol. The molecule has 0 aliphatic heterocycles. The second-order valence-electron chi connectivity index (χ2n) is 4.63. The van der Waals surface area contributed by atoms with Crippen LogP contribution >= 0.6 is 27.3 Å². The standard InChI is InChI=1S/C14H14BrF2NS/c1-8(2)13(12-4-3-5-19-12)18-14-10(15)6-9(16)7-11(14)17/h3-8,13,18H,1-2H3. The minimum Gasteiger partial charge on any atom is -0.374 e. The van der Waals surface area contributed by atoms with E-state index in [2.05, 4.69) is 35.1 Å². The lowest BCUT2D eigenvalue weighted by Gasteiger charge is -2.23. The first-order valence-corrected chi connectivity index (χ1v) is 7.60. The van der Waals surface area contributed by atoms with Crippen molar-refractivity contribution in [3.05, 3.63) is 50.6 Å². The summed E-state index contributed by atoms with van der Waals surface area (Å²) in [5.41, 5.74) is 0.300. The molecule has 5 heteroatoms. The molecule has 2 rings (SSSR count). The van der Waals surface area contributed by atoms with Gasteiger partial charge in [-0.15, -0.1) is 11.3 Å². The van der Waals surface area contributed by atoms with Crippen LogP contribution in [-0.2, 0) is 0 Å². The Labute approximate surface area is 123 Å². The Morgan fingerprint density at radius 3 is 2.53 bits per heavy atom. The van der Waals surface area contributed by atoms with Gasteiger partial charge in [-0.1, -0.05) is 19.9 Å². The number of thiophene rings is 1. The highest BCUT2D eigenvalue weighted by Gasteiger charge is 2.20. The van der Waals surface area contributed by atoms with E-state index in [-0.39, 0.29) is 12.0 Å². The van der Waals surface area contributed by atoms with Crippen LogP contribution in [0.3, 0.4) is 0 Å². The Morgan fingerprint density at radius 2 is 2.00 bits per heavy atom. The van der Waals surface area contributed by atoms with E-state index in [9.17, 15) is 8.78 Å². The van der Waals surface area contributed by atoms with Crippen LogP contribution in [0.25, 0.3) is 0 Å². The molecule has 0 bridgehead atoms. The maximum absolute atomic E-state index is 13.8. The number of rotatable bonds is 4. The minimum atomic E-state index is -0.591. The monoisotopic (exact) mass is 345 g/mol. The van der Waals surface area contributed by atoms with Gasteiger partial charge >= 0.3 is 0 Å². The Morgan fingerprint density at radius 1 is 1.26 bits per heavy atom. The highest BCUT2D eigenvalue weighted by Crippen LogP contribution is 2.34. The molecular weight excluding hydrogens is 332 g/mol. The normalized spacial score (nSPS) is 12.7. The molecule has 0 saturated heterocycles. The second kappa shape index (κ2) is 6.01. The van der Waals surface area contributed by atoms with Gasteiger partial charge < -0.3 is 5.32 Å². The minimum absolute atomic E-state index is 0.00346. The third-order valence-electron chi connectivity index (χ3n) is 2.82. The first-order chi connectivity index (χ1) is 8.99. The zero-order valence-corrected chi connectivity index (χ0v) is 13.0. The van der Waals surface area contributed by atoms with Gasteiger partial charge in [-0.05, 0) is 39.4 Å². The highest BCUT2D eigenvalue weighted by molar-refractivity contribution is 9.10. The molecule has 19 heavy (non-hydrogen) atoms. The first-order valence-electron chi connectivity index (χ1n) is 5.93. The van der Waals surface area contributed by atoms with E-state index in [1.807, 2.05) is 17.5 Å². The van der Waals surface area contributed by atoms with Crippen molar-refractivity contribution in [2.24, 2.45) is 5.92 Å². The number of anilines is 1. The van der Waals surface area contributed by atoms with E-state index in [0.717, 1.165) is 10.9 Å². The average Bonchev–Trinajstić information content (AvgIpc) is 2.80. The Kier molecular flexibility index (Phi) is 4.58. The fourth-order valence-electron chi connectivity index (χ4n) is 1.87. The Bertz CT molecular complexity index is 532. The molecule has 1 aromatic carbocycles. The Hall–Kier alpha value is -0.940. The summed E-state index contributed by atoms with van der Waals surface area (Å²) in [7, 11) is 0. The molecule has 0 radical (unpaired) electrons. The highest BCUT2D eigenvalue weighted by atomic mass is 79.9. The molecule has 0 aliphatic carbocycles. The van der Waals surface area contributed by atoms with Gasteiger partial charge in [-0.3, -0.25) is 0 Å². The van der Waals surface area contributed by atoms with Crippen LogP contribution in [0.4, 0.5) is 14.5 Å². The Balaban J connectivity index is 2.33.